The van der Waals surface area contributed by atoms with Crippen molar-refractivity contribution in [1.29, 1.82) is 0 Å². The molecule has 0 radical (unpaired) electrons. The van der Waals surface area contributed by atoms with E-state index in [0.29, 0.717) is 0 Å². The van der Waals surface area contributed by atoms with E-state index in [1.165, 1.54) is 10.8 Å². The summed E-state index contributed by atoms with van der Waals surface area (Å²) in [5.74, 6) is -0.0135. The summed E-state index contributed by atoms with van der Waals surface area (Å²) >= 11 is 0. The first-order valence-electron chi connectivity index (χ1n) is 7.11. The van der Waals surface area contributed by atoms with Crippen molar-refractivity contribution in [1.82, 2.24) is 0 Å². The molecule has 0 aromatic heterocycles. The molecule has 110 valence electrons. The van der Waals surface area contributed by atoms with Crippen LogP contribution in [0.2, 0.25) is 39.3 Å². The molecule has 0 unspecified atom stereocenters. The highest BCUT2D eigenvalue weighted by atomic mass is 28.3. The van der Waals surface area contributed by atoms with Gasteiger partial charge in [-0.3, -0.25) is 4.79 Å². The van der Waals surface area contributed by atoms with E-state index in [2.05, 4.69) is 62.4 Å². The van der Waals surface area contributed by atoms with Crippen LogP contribution in [0.3, 0.4) is 0 Å². The average molecular weight is 306 g/mol. The number of carbonyl (C=O) groups is 1. The molecule has 0 bridgehead atoms. The zero-order chi connectivity index (χ0) is 15.6. The van der Waals surface area contributed by atoms with Crippen molar-refractivity contribution >= 4 is 39.0 Å². The SMILES string of the molecule is CC(=O)Nc1cccc([Si](C)(C)C)c1C=C[Si](C)(C)C. The summed E-state index contributed by atoms with van der Waals surface area (Å²) in [6, 6.07) is 6.25. The molecule has 0 aliphatic rings. The van der Waals surface area contributed by atoms with Crippen LogP contribution >= 0.6 is 0 Å². The molecule has 1 rings (SSSR count). The van der Waals surface area contributed by atoms with Crippen LogP contribution in [-0.4, -0.2) is 22.1 Å². The van der Waals surface area contributed by atoms with Gasteiger partial charge in [0.1, 0.15) is 0 Å². The molecule has 20 heavy (non-hydrogen) atoms. The minimum atomic E-state index is -1.44. The summed E-state index contributed by atoms with van der Waals surface area (Å²) in [4.78, 5) is 11.4. The Bertz CT molecular complexity index is 522. The molecule has 0 fully saturated rings. The van der Waals surface area contributed by atoms with Crippen molar-refractivity contribution in [3.63, 3.8) is 0 Å². The van der Waals surface area contributed by atoms with Crippen LogP contribution < -0.4 is 10.5 Å². The maximum Gasteiger partial charge on any atom is 0.221 e. The summed E-state index contributed by atoms with van der Waals surface area (Å²) in [5, 5.41) is 4.37. The molecule has 1 amide bonds. The zero-order valence-electron chi connectivity index (χ0n) is 13.8. The number of nitrogens with one attached hydrogen (secondary N) is 1. The number of rotatable bonds is 4. The van der Waals surface area contributed by atoms with Crippen molar-refractivity contribution in [3.05, 3.63) is 29.5 Å². The Morgan fingerprint density at radius 1 is 1.10 bits per heavy atom. The van der Waals surface area contributed by atoms with E-state index in [1.54, 1.807) is 6.92 Å². The van der Waals surface area contributed by atoms with Crippen molar-refractivity contribution in [2.75, 3.05) is 5.32 Å². The summed E-state index contributed by atoms with van der Waals surface area (Å²) in [6.45, 7) is 15.5. The highest BCUT2D eigenvalue weighted by Crippen LogP contribution is 2.20. The average Bonchev–Trinajstić information content (AvgIpc) is 2.23. The maximum atomic E-state index is 11.4. The molecule has 0 spiro atoms. The number of hydrogen-bond donors (Lipinski definition) is 1. The third-order valence-corrected chi connectivity index (χ3v) is 6.19. The number of benzene rings is 1. The van der Waals surface area contributed by atoms with Crippen molar-refractivity contribution in [3.8, 4) is 0 Å². The molecule has 0 aliphatic heterocycles. The van der Waals surface area contributed by atoms with Gasteiger partial charge < -0.3 is 5.32 Å². The van der Waals surface area contributed by atoms with Gasteiger partial charge in [-0.1, -0.05) is 68.4 Å². The summed E-state index contributed by atoms with van der Waals surface area (Å²) in [6.07, 6.45) is 2.23. The molecule has 0 heterocycles. The van der Waals surface area contributed by atoms with Crippen LogP contribution in [-0.2, 0) is 4.79 Å². The number of amides is 1. The highest BCUT2D eigenvalue weighted by Gasteiger charge is 2.21. The smallest absolute Gasteiger partial charge is 0.221 e. The van der Waals surface area contributed by atoms with Gasteiger partial charge in [0.05, 0.1) is 16.1 Å². The molecule has 0 atom stereocenters. The van der Waals surface area contributed by atoms with Gasteiger partial charge in [-0.15, -0.1) is 0 Å². The Labute approximate surface area is 125 Å². The normalized spacial score (nSPS) is 12.8. The molecule has 1 aromatic rings. The summed E-state index contributed by atoms with van der Waals surface area (Å²) in [5.41, 5.74) is 4.48. The van der Waals surface area contributed by atoms with Gasteiger partial charge in [0, 0.05) is 12.6 Å². The topological polar surface area (TPSA) is 29.1 Å². The van der Waals surface area contributed by atoms with Crippen molar-refractivity contribution < 1.29 is 4.79 Å². The van der Waals surface area contributed by atoms with Crippen LogP contribution in [0.4, 0.5) is 5.69 Å². The summed E-state index contributed by atoms with van der Waals surface area (Å²) < 4.78 is 0. The summed E-state index contributed by atoms with van der Waals surface area (Å²) in [7, 11) is -2.71. The lowest BCUT2D eigenvalue weighted by atomic mass is 10.1. The van der Waals surface area contributed by atoms with E-state index in [4.69, 9.17) is 0 Å². The van der Waals surface area contributed by atoms with Gasteiger partial charge >= 0.3 is 0 Å². The van der Waals surface area contributed by atoms with Gasteiger partial charge in [-0.05, 0) is 11.6 Å². The van der Waals surface area contributed by atoms with E-state index >= 15 is 0 Å². The van der Waals surface area contributed by atoms with E-state index in [-0.39, 0.29) is 5.91 Å². The molecule has 1 aromatic carbocycles. The van der Waals surface area contributed by atoms with E-state index in [0.717, 1.165) is 5.69 Å². The quantitative estimate of drug-likeness (QED) is 0.834. The fourth-order valence-corrected chi connectivity index (χ4v) is 4.32. The van der Waals surface area contributed by atoms with Gasteiger partial charge in [0.15, 0.2) is 0 Å². The lowest BCUT2D eigenvalue weighted by Crippen LogP contribution is -2.40. The molecular weight excluding hydrogens is 278 g/mol. The fraction of sp³-hybridized carbons (Fsp3) is 0.438. The Morgan fingerprint density at radius 3 is 2.15 bits per heavy atom. The molecule has 2 nitrogen and oxygen atoms in total. The number of carbonyl (C=O) groups excluding carboxylic acids is 1. The minimum Gasteiger partial charge on any atom is -0.326 e. The largest absolute Gasteiger partial charge is 0.326 e. The second-order valence-corrected chi connectivity index (χ2v) is 17.5. The molecular formula is C16H27NOSi2. The predicted molar refractivity (Wildman–Crippen MR) is 96.1 cm³/mol. The van der Waals surface area contributed by atoms with Gasteiger partial charge in [-0.25, -0.2) is 0 Å². The lowest BCUT2D eigenvalue weighted by Gasteiger charge is -2.22. The van der Waals surface area contributed by atoms with Gasteiger partial charge in [0.2, 0.25) is 5.91 Å². The monoisotopic (exact) mass is 305 g/mol. The zero-order valence-corrected chi connectivity index (χ0v) is 15.8. The van der Waals surface area contributed by atoms with Gasteiger partial charge in [0.25, 0.3) is 0 Å². The Morgan fingerprint density at radius 2 is 1.70 bits per heavy atom. The van der Waals surface area contributed by atoms with Gasteiger partial charge in [-0.2, -0.15) is 0 Å². The lowest BCUT2D eigenvalue weighted by molar-refractivity contribution is -0.114. The highest BCUT2D eigenvalue weighted by molar-refractivity contribution is 6.89. The van der Waals surface area contributed by atoms with E-state index in [1.807, 2.05) is 12.1 Å². The van der Waals surface area contributed by atoms with Crippen LogP contribution in [0.1, 0.15) is 12.5 Å². The number of anilines is 1. The van der Waals surface area contributed by atoms with Crippen LogP contribution in [0.15, 0.2) is 23.9 Å². The molecule has 0 saturated heterocycles. The second-order valence-electron chi connectivity index (χ2n) is 7.40. The van der Waals surface area contributed by atoms with Crippen LogP contribution in [0.25, 0.3) is 6.08 Å². The molecule has 0 aliphatic carbocycles. The third kappa shape index (κ3) is 5.09. The predicted octanol–water partition coefficient (Wildman–Crippen LogP) is 4.08. The first-order chi connectivity index (χ1) is 9.00. The number of hydrogen-bond acceptors (Lipinski definition) is 1. The minimum absolute atomic E-state index is 0.0135. The molecule has 0 saturated carbocycles. The van der Waals surface area contributed by atoms with Crippen molar-refractivity contribution in [2.45, 2.75) is 46.2 Å². The maximum absolute atomic E-state index is 11.4. The Hall–Kier alpha value is -1.14. The van der Waals surface area contributed by atoms with Crippen LogP contribution in [0, 0.1) is 0 Å². The van der Waals surface area contributed by atoms with Crippen molar-refractivity contribution in [2.24, 2.45) is 0 Å². The Balaban J connectivity index is 3.40. The molecule has 4 heteroatoms. The van der Waals surface area contributed by atoms with Crippen LogP contribution in [0.5, 0.6) is 0 Å². The molecule has 1 N–H and O–H groups in total. The van der Waals surface area contributed by atoms with E-state index in [9.17, 15) is 4.79 Å². The first kappa shape index (κ1) is 16.9. The third-order valence-electron chi connectivity index (χ3n) is 2.97. The second kappa shape index (κ2) is 6.10. The van der Waals surface area contributed by atoms with E-state index < -0.39 is 16.1 Å². The Kier molecular flexibility index (Phi) is 5.16. The fourth-order valence-electron chi connectivity index (χ4n) is 2.03. The first-order valence-corrected chi connectivity index (χ1v) is 14.2. The standard InChI is InChI=1S/C16H27NOSi2/c1-13(18)17-15-9-8-10-16(20(5,6)7)14(15)11-12-19(2,3)4/h8-12H,1-7H3,(H,17,18).